The smallest absolute Gasteiger partial charge is 0.308 e. The van der Waals surface area contributed by atoms with Gasteiger partial charge in [0.05, 0.1) is 18.1 Å². The molecule has 1 aromatic heterocycles. The van der Waals surface area contributed by atoms with E-state index in [0.29, 0.717) is 25.1 Å². The Morgan fingerprint density at radius 3 is 2.88 bits per heavy atom. The third kappa shape index (κ3) is 2.95. The van der Waals surface area contributed by atoms with Crippen molar-refractivity contribution in [2.75, 3.05) is 19.7 Å². The number of hydrogen-bond acceptors (Lipinski definition) is 4. The van der Waals surface area contributed by atoms with Crippen LogP contribution in [0, 0.1) is 5.92 Å². The zero-order valence-corrected chi connectivity index (χ0v) is 13.6. The number of nitrogens with zero attached hydrogens (tertiary/aromatic N) is 2. The molecule has 0 aliphatic carbocycles. The average molecular weight is 338 g/mol. The van der Waals surface area contributed by atoms with Gasteiger partial charge in [0.15, 0.2) is 0 Å². The minimum atomic E-state index is -0.845. The molecule has 0 bridgehead atoms. The molecule has 6 nitrogen and oxygen atoms in total. The first-order valence-electron chi connectivity index (χ1n) is 8.35. The van der Waals surface area contributed by atoms with Crippen molar-refractivity contribution in [1.29, 1.82) is 0 Å². The van der Waals surface area contributed by atoms with E-state index < -0.39 is 11.9 Å². The molecule has 2 aliphatic heterocycles. The van der Waals surface area contributed by atoms with Gasteiger partial charge < -0.3 is 14.7 Å². The third-order valence-corrected chi connectivity index (χ3v) is 4.83. The summed E-state index contributed by atoms with van der Waals surface area (Å²) in [5.74, 6) is -0.567. The summed E-state index contributed by atoms with van der Waals surface area (Å²) in [7, 11) is 0. The molecule has 0 radical (unpaired) electrons. The molecule has 1 unspecified atom stereocenters. The number of aliphatic carboxylic acids is 1. The predicted molar refractivity (Wildman–Crippen MR) is 90.5 cm³/mol. The van der Waals surface area contributed by atoms with Gasteiger partial charge in [0, 0.05) is 37.5 Å². The van der Waals surface area contributed by atoms with Crippen LogP contribution in [-0.2, 0) is 11.2 Å². The van der Waals surface area contributed by atoms with Crippen molar-refractivity contribution >= 4 is 11.9 Å². The Balaban J connectivity index is 1.57. The monoisotopic (exact) mass is 338 g/mol. The van der Waals surface area contributed by atoms with Gasteiger partial charge in [-0.25, -0.2) is 0 Å². The number of fused-ring (bicyclic) bond motifs is 1. The molecule has 1 saturated heterocycles. The molecule has 2 aliphatic rings. The van der Waals surface area contributed by atoms with Crippen LogP contribution >= 0.6 is 0 Å². The molecule has 25 heavy (non-hydrogen) atoms. The van der Waals surface area contributed by atoms with E-state index in [4.69, 9.17) is 9.84 Å². The van der Waals surface area contributed by atoms with Crippen LogP contribution in [0.4, 0.5) is 0 Å². The number of carbonyl (C=O) groups is 2. The summed E-state index contributed by atoms with van der Waals surface area (Å²) < 4.78 is 5.52. The van der Waals surface area contributed by atoms with Gasteiger partial charge in [-0.1, -0.05) is 6.07 Å². The maximum absolute atomic E-state index is 12.7. The zero-order chi connectivity index (χ0) is 17.4. The summed E-state index contributed by atoms with van der Waals surface area (Å²) in [6.45, 7) is 1.43. The zero-order valence-electron chi connectivity index (χ0n) is 13.6. The van der Waals surface area contributed by atoms with Crippen LogP contribution in [0.5, 0.6) is 5.75 Å². The van der Waals surface area contributed by atoms with Gasteiger partial charge in [0.2, 0.25) is 0 Å². The number of benzene rings is 1. The Bertz CT molecular complexity index is 849. The highest BCUT2D eigenvalue weighted by Crippen LogP contribution is 2.30. The van der Waals surface area contributed by atoms with Crippen LogP contribution in [0.2, 0.25) is 0 Å². The first-order valence-corrected chi connectivity index (χ1v) is 8.35. The first-order chi connectivity index (χ1) is 12.1. The Morgan fingerprint density at radius 1 is 1.20 bits per heavy atom. The number of likely N-dealkylation sites (tertiary alicyclic amines) is 1. The third-order valence-electron chi connectivity index (χ3n) is 4.83. The Morgan fingerprint density at radius 2 is 2.08 bits per heavy atom. The Kier molecular flexibility index (Phi) is 3.87. The summed E-state index contributed by atoms with van der Waals surface area (Å²) in [4.78, 5) is 29.5. The molecule has 128 valence electrons. The minimum Gasteiger partial charge on any atom is -0.493 e. The van der Waals surface area contributed by atoms with Crippen molar-refractivity contribution in [3.8, 4) is 16.9 Å². The molecular weight excluding hydrogens is 320 g/mol. The fourth-order valence-electron chi connectivity index (χ4n) is 3.41. The lowest BCUT2D eigenvalue weighted by Gasteiger charge is -2.16. The summed E-state index contributed by atoms with van der Waals surface area (Å²) in [6, 6.07) is 7.81. The van der Waals surface area contributed by atoms with Crippen LogP contribution < -0.4 is 4.74 Å². The normalized spacial score (nSPS) is 18.7. The lowest BCUT2D eigenvalue weighted by Crippen LogP contribution is -2.30. The summed E-state index contributed by atoms with van der Waals surface area (Å²) >= 11 is 0. The van der Waals surface area contributed by atoms with E-state index in [2.05, 4.69) is 11.1 Å². The summed E-state index contributed by atoms with van der Waals surface area (Å²) in [5.41, 5.74) is 3.52. The van der Waals surface area contributed by atoms with Crippen molar-refractivity contribution < 1.29 is 19.4 Å². The van der Waals surface area contributed by atoms with Crippen molar-refractivity contribution in [3.05, 3.63) is 47.8 Å². The Hall–Kier alpha value is -2.89. The fourth-order valence-corrected chi connectivity index (χ4v) is 3.41. The number of hydrogen-bond donors (Lipinski definition) is 1. The Labute approximate surface area is 145 Å². The van der Waals surface area contributed by atoms with E-state index >= 15 is 0 Å². The minimum absolute atomic E-state index is 0.164. The number of pyridine rings is 1. The van der Waals surface area contributed by atoms with Crippen LogP contribution in [0.25, 0.3) is 11.1 Å². The van der Waals surface area contributed by atoms with Gasteiger partial charge in [-0.3, -0.25) is 14.6 Å². The number of carbonyl (C=O) groups excluding carboxylic acids is 1. The van der Waals surface area contributed by atoms with Crippen LogP contribution in [-0.4, -0.2) is 46.6 Å². The molecule has 0 spiro atoms. The number of rotatable bonds is 3. The number of ether oxygens (including phenoxy) is 1. The maximum Gasteiger partial charge on any atom is 0.308 e. The second kappa shape index (κ2) is 6.20. The molecule has 2 aromatic rings. The van der Waals surface area contributed by atoms with E-state index in [9.17, 15) is 9.59 Å². The fraction of sp³-hybridized carbons (Fsp3) is 0.316. The van der Waals surface area contributed by atoms with E-state index in [-0.39, 0.29) is 12.5 Å². The molecule has 1 aromatic carbocycles. The standard InChI is InChI=1S/C19H18N2O4/c22-18(21-5-3-14(11-21)19(23)24)16-8-15(9-20-10-16)12-1-2-17-13(7-12)4-6-25-17/h1-2,7-10,14H,3-6,11H2,(H,23,24). The highest BCUT2D eigenvalue weighted by Gasteiger charge is 2.31. The summed E-state index contributed by atoms with van der Waals surface area (Å²) in [6.07, 6.45) is 4.66. The lowest BCUT2D eigenvalue weighted by molar-refractivity contribution is -0.141. The molecule has 1 amide bonds. The molecule has 6 heteroatoms. The molecule has 3 heterocycles. The SMILES string of the molecule is O=C(O)C1CCN(C(=O)c2cncc(-c3ccc4c(c3)CCO4)c2)C1. The van der Waals surface area contributed by atoms with Crippen molar-refractivity contribution in [2.24, 2.45) is 5.92 Å². The molecular formula is C19H18N2O4. The lowest BCUT2D eigenvalue weighted by atomic mass is 10.0. The maximum atomic E-state index is 12.7. The largest absolute Gasteiger partial charge is 0.493 e. The molecule has 1 N–H and O–H groups in total. The quantitative estimate of drug-likeness (QED) is 0.928. The van der Waals surface area contributed by atoms with Crippen molar-refractivity contribution in [2.45, 2.75) is 12.8 Å². The van der Waals surface area contributed by atoms with Crippen LogP contribution in [0.15, 0.2) is 36.7 Å². The number of carboxylic acid groups (broad SMARTS) is 1. The average Bonchev–Trinajstić information content (AvgIpc) is 3.30. The molecule has 0 saturated carbocycles. The molecule has 1 atom stereocenters. The first kappa shape index (κ1) is 15.6. The van der Waals surface area contributed by atoms with Crippen molar-refractivity contribution in [3.63, 3.8) is 0 Å². The van der Waals surface area contributed by atoms with E-state index in [1.165, 1.54) is 6.20 Å². The summed E-state index contributed by atoms with van der Waals surface area (Å²) in [5, 5.41) is 9.09. The van der Waals surface area contributed by atoms with E-state index in [0.717, 1.165) is 28.9 Å². The van der Waals surface area contributed by atoms with Gasteiger partial charge in [0.25, 0.3) is 5.91 Å². The number of amides is 1. The highest BCUT2D eigenvalue weighted by molar-refractivity contribution is 5.95. The topological polar surface area (TPSA) is 79.7 Å². The van der Waals surface area contributed by atoms with Crippen LogP contribution in [0.3, 0.4) is 0 Å². The predicted octanol–water partition coefficient (Wildman–Crippen LogP) is 2.23. The second-order valence-corrected chi connectivity index (χ2v) is 6.46. The van der Waals surface area contributed by atoms with Gasteiger partial charge in [-0.05, 0) is 35.7 Å². The second-order valence-electron chi connectivity index (χ2n) is 6.46. The van der Waals surface area contributed by atoms with Gasteiger partial charge in [-0.2, -0.15) is 0 Å². The van der Waals surface area contributed by atoms with Gasteiger partial charge in [-0.15, -0.1) is 0 Å². The highest BCUT2D eigenvalue weighted by atomic mass is 16.5. The van der Waals surface area contributed by atoms with Crippen molar-refractivity contribution in [1.82, 2.24) is 9.88 Å². The van der Waals surface area contributed by atoms with Crippen LogP contribution in [0.1, 0.15) is 22.3 Å². The molecule has 1 fully saturated rings. The van der Waals surface area contributed by atoms with Gasteiger partial charge in [0.1, 0.15) is 5.75 Å². The number of aromatic nitrogens is 1. The molecule has 4 rings (SSSR count). The number of carboxylic acids is 1. The van der Waals surface area contributed by atoms with E-state index in [1.54, 1.807) is 11.1 Å². The van der Waals surface area contributed by atoms with Gasteiger partial charge >= 0.3 is 5.97 Å². The van der Waals surface area contributed by atoms with E-state index in [1.807, 2.05) is 18.2 Å².